The van der Waals surface area contributed by atoms with Crippen molar-refractivity contribution in [2.45, 2.75) is 44.0 Å². The van der Waals surface area contributed by atoms with Gasteiger partial charge in [-0.15, -0.1) is 11.8 Å². The Morgan fingerprint density at radius 3 is 2.84 bits per heavy atom. The molecule has 3 rings (SSSR count). The van der Waals surface area contributed by atoms with Crippen LogP contribution in [0.4, 0.5) is 4.79 Å². The average molecular weight is 370 g/mol. The van der Waals surface area contributed by atoms with E-state index in [1.54, 1.807) is 18.7 Å². The molecular weight excluding hydrogens is 344 g/mol. The lowest BCUT2D eigenvalue weighted by Gasteiger charge is -2.31. The Morgan fingerprint density at radius 1 is 1.20 bits per heavy atom. The SMILES string of the molecule is CCOC(=O)NC(=O)C1CCSC1NC(=O)C1CCC2NNCC2C1. The first-order valence-electron chi connectivity index (χ1n) is 8.96. The molecule has 2 saturated heterocycles. The minimum absolute atomic E-state index is 0.00193. The quantitative estimate of drug-likeness (QED) is 0.565. The van der Waals surface area contributed by atoms with E-state index in [0.29, 0.717) is 18.4 Å². The fraction of sp³-hybridized carbons (Fsp3) is 0.812. The molecule has 0 aromatic heterocycles. The molecule has 2 aliphatic heterocycles. The van der Waals surface area contributed by atoms with Crippen LogP contribution in [0.15, 0.2) is 0 Å². The van der Waals surface area contributed by atoms with Gasteiger partial charge in [0.1, 0.15) is 0 Å². The van der Waals surface area contributed by atoms with Gasteiger partial charge in [-0.1, -0.05) is 0 Å². The lowest BCUT2D eigenvalue weighted by atomic mass is 9.78. The van der Waals surface area contributed by atoms with Crippen LogP contribution in [0.1, 0.15) is 32.6 Å². The highest BCUT2D eigenvalue weighted by Gasteiger charge is 2.40. The summed E-state index contributed by atoms with van der Waals surface area (Å²) in [7, 11) is 0. The lowest BCUT2D eigenvalue weighted by molar-refractivity contribution is -0.128. The largest absolute Gasteiger partial charge is 0.450 e. The van der Waals surface area contributed by atoms with Crippen molar-refractivity contribution >= 4 is 29.7 Å². The van der Waals surface area contributed by atoms with Crippen LogP contribution < -0.4 is 21.5 Å². The molecule has 1 saturated carbocycles. The highest BCUT2D eigenvalue weighted by atomic mass is 32.2. The second-order valence-corrected chi connectivity index (χ2v) is 8.06. The highest BCUT2D eigenvalue weighted by molar-refractivity contribution is 8.00. The van der Waals surface area contributed by atoms with E-state index >= 15 is 0 Å². The van der Waals surface area contributed by atoms with Gasteiger partial charge in [0.05, 0.1) is 17.9 Å². The molecule has 3 amide bonds. The lowest BCUT2D eigenvalue weighted by Crippen LogP contribution is -2.47. The molecule has 0 aromatic carbocycles. The average Bonchev–Trinajstić information content (AvgIpc) is 3.22. The zero-order valence-electron chi connectivity index (χ0n) is 14.4. The van der Waals surface area contributed by atoms with Gasteiger partial charge in [0.25, 0.3) is 0 Å². The highest BCUT2D eigenvalue weighted by Crippen LogP contribution is 2.34. The van der Waals surface area contributed by atoms with E-state index < -0.39 is 12.0 Å². The van der Waals surface area contributed by atoms with Crippen molar-refractivity contribution in [2.75, 3.05) is 18.9 Å². The molecule has 0 aromatic rings. The summed E-state index contributed by atoms with van der Waals surface area (Å²) in [4.78, 5) is 36.3. The molecule has 3 aliphatic rings. The zero-order chi connectivity index (χ0) is 17.8. The summed E-state index contributed by atoms with van der Waals surface area (Å²) < 4.78 is 4.75. The maximum atomic E-state index is 12.6. The predicted octanol–water partition coefficient (Wildman–Crippen LogP) is 0.347. The van der Waals surface area contributed by atoms with Crippen molar-refractivity contribution in [3.8, 4) is 0 Å². The Hall–Kier alpha value is -1.32. The van der Waals surface area contributed by atoms with Crippen molar-refractivity contribution in [1.29, 1.82) is 0 Å². The Kier molecular flexibility index (Phi) is 6.19. The van der Waals surface area contributed by atoms with Gasteiger partial charge in [0.2, 0.25) is 11.8 Å². The van der Waals surface area contributed by atoms with Crippen LogP contribution in [0.3, 0.4) is 0 Å². The van der Waals surface area contributed by atoms with E-state index in [1.165, 1.54) is 0 Å². The fourth-order valence-corrected chi connectivity index (χ4v) is 5.19. The first-order valence-corrected chi connectivity index (χ1v) is 10.0. The first kappa shape index (κ1) is 18.5. The van der Waals surface area contributed by atoms with Crippen LogP contribution in [0.2, 0.25) is 0 Å². The number of carbonyl (C=O) groups excluding carboxylic acids is 3. The minimum Gasteiger partial charge on any atom is -0.450 e. The van der Waals surface area contributed by atoms with Gasteiger partial charge in [-0.2, -0.15) is 0 Å². The monoisotopic (exact) mass is 370 g/mol. The molecule has 5 atom stereocenters. The van der Waals surface area contributed by atoms with Gasteiger partial charge < -0.3 is 10.1 Å². The standard InChI is InChI=1S/C16H26N4O4S/c1-2-24-16(23)19-14(22)11-5-6-25-15(11)18-13(21)9-3-4-12-10(7-9)8-17-20-12/h9-12,15,17,20H,2-8H2,1H3,(H,18,21)(H,19,22,23). The molecule has 8 nitrogen and oxygen atoms in total. The van der Waals surface area contributed by atoms with E-state index in [2.05, 4.69) is 21.5 Å². The Morgan fingerprint density at radius 2 is 2.04 bits per heavy atom. The van der Waals surface area contributed by atoms with Gasteiger partial charge >= 0.3 is 6.09 Å². The fourth-order valence-electron chi connectivity index (χ4n) is 3.86. The number of hydrogen-bond acceptors (Lipinski definition) is 7. The Bertz CT molecular complexity index is 532. The number of rotatable bonds is 4. The number of ether oxygens (including phenoxy) is 1. The Balaban J connectivity index is 1.51. The maximum absolute atomic E-state index is 12.6. The summed E-state index contributed by atoms with van der Waals surface area (Å²) >= 11 is 1.56. The molecule has 140 valence electrons. The molecule has 25 heavy (non-hydrogen) atoms. The minimum atomic E-state index is -0.728. The molecular formula is C16H26N4O4S. The topological polar surface area (TPSA) is 109 Å². The number of nitrogens with one attached hydrogen (secondary N) is 4. The number of thioether (sulfide) groups is 1. The van der Waals surface area contributed by atoms with Crippen molar-refractivity contribution in [3.63, 3.8) is 0 Å². The summed E-state index contributed by atoms with van der Waals surface area (Å²) in [5.74, 6) is 0.529. The summed E-state index contributed by atoms with van der Waals surface area (Å²) in [6, 6.07) is 0.466. The van der Waals surface area contributed by atoms with Crippen molar-refractivity contribution < 1.29 is 19.1 Å². The number of fused-ring (bicyclic) bond motifs is 1. The number of amides is 3. The van der Waals surface area contributed by atoms with Crippen LogP contribution in [0, 0.1) is 17.8 Å². The smallest absolute Gasteiger partial charge is 0.413 e. The number of hydrazine groups is 1. The van der Waals surface area contributed by atoms with E-state index in [9.17, 15) is 14.4 Å². The van der Waals surface area contributed by atoms with Crippen LogP contribution in [0.5, 0.6) is 0 Å². The second kappa shape index (κ2) is 8.37. The van der Waals surface area contributed by atoms with Gasteiger partial charge in [0, 0.05) is 18.5 Å². The first-order chi connectivity index (χ1) is 12.1. The summed E-state index contributed by atoms with van der Waals surface area (Å²) in [6.45, 7) is 2.80. The summed E-state index contributed by atoms with van der Waals surface area (Å²) in [5, 5.41) is 5.01. The van der Waals surface area contributed by atoms with Crippen LogP contribution in [0.25, 0.3) is 0 Å². The number of carbonyl (C=O) groups is 3. The molecule has 0 bridgehead atoms. The molecule has 2 heterocycles. The van der Waals surface area contributed by atoms with Crippen LogP contribution in [-0.4, -0.2) is 48.2 Å². The van der Waals surface area contributed by atoms with E-state index in [4.69, 9.17) is 4.74 Å². The van der Waals surface area contributed by atoms with Crippen molar-refractivity contribution in [3.05, 3.63) is 0 Å². The van der Waals surface area contributed by atoms with Crippen LogP contribution >= 0.6 is 11.8 Å². The molecule has 1 aliphatic carbocycles. The van der Waals surface area contributed by atoms with Crippen molar-refractivity contribution in [1.82, 2.24) is 21.5 Å². The third kappa shape index (κ3) is 4.45. The number of imide groups is 1. The predicted molar refractivity (Wildman–Crippen MR) is 93.4 cm³/mol. The molecule has 4 N–H and O–H groups in total. The molecule has 0 radical (unpaired) electrons. The van der Waals surface area contributed by atoms with Gasteiger partial charge in [-0.05, 0) is 44.3 Å². The molecule has 9 heteroatoms. The maximum Gasteiger partial charge on any atom is 0.413 e. The molecule has 5 unspecified atom stereocenters. The van der Waals surface area contributed by atoms with Gasteiger partial charge in [0.15, 0.2) is 0 Å². The number of alkyl carbamates (subject to hydrolysis) is 1. The van der Waals surface area contributed by atoms with Gasteiger partial charge in [-0.3, -0.25) is 25.8 Å². The van der Waals surface area contributed by atoms with E-state index in [1.807, 2.05) is 0 Å². The summed E-state index contributed by atoms with van der Waals surface area (Å²) in [5.41, 5.74) is 6.42. The third-order valence-electron chi connectivity index (χ3n) is 5.22. The number of hydrogen-bond donors (Lipinski definition) is 4. The van der Waals surface area contributed by atoms with Crippen molar-refractivity contribution in [2.24, 2.45) is 17.8 Å². The van der Waals surface area contributed by atoms with Crippen LogP contribution in [-0.2, 0) is 14.3 Å². The summed E-state index contributed by atoms with van der Waals surface area (Å²) in [6.07, 6.45) is 2.63. The molecule has 3 fully saturated rings. The third-order valence-corrected chi connectivity index (χ3v) is 6.50. The second-order valence-electron chi connectivity index (χ2n) is 6.81. The normalized spacial score (nSPS) is 34.2. The molecule has 0 spiro atoms. The van der Waals surface area contributed by atoms with E-state index in [0.717, 1.165) is 31.6 Å². The Labute approximate surface area is 151 Å². The van der Waals surface area contributed by atoms with Gasteiger partial charge in [-0.25, -0.2) is 4.79 Å². The zero-order valence-corrected chi connectivity index (χ0v) is 15.2. The van der Waals surface area contributed by atoms with E-state index in [-0.39, 0.29) is 29.7 Å².